The van der Waals surface area contributed by atoms with Crippen molar-refractivity contribution in [3.63, 3.8) is 0 Å². The van der Waals surface area contributed by atoms with Gasteiger partial charge >= 0.3 is 0 Å². The Morgan fingerprint density at radius 2 is 2.18 bits per heavy atom. The number of hydrogen-bond acceptors (Lipinski definition) is 5. The fourth-order valence-electron chi connectivity index (χ4n) is 2.13. The Labute approximate surface area is 129 Å². The van der Waals surface area contributed by atoms with Crippen molar-refractivity contribution >= 4 is 11.6 Å². The lowest BCUT2D eigenvalue weighted by atomic mass is 10.2. The van der Waals surface area contributed by atoms with Gasteiger partial charge in [0.2, 0.25) is 5.91 Å². The van der Waals surface area contributed by atoms with Crippen LogP contribution in [0.1, 0.15) is 31.3 Å². The topological polar surface area (TPSA) is 95.1 Å². The molecule has 1 heterocycles. The van der Waals surface area contributed by atoms with Gasteiger partial charge in [-0.15, -0.1) is 5.10 Å². The molecule has 0 spiro atoms. The number of nitrogens with one attached hydrogen (secondary N) is 1. The van der Waals surface area contributed by atoms with E-state index in [-0.39, 0.29) is 5.91 Å². The third-order valence-corrected chi connectivity index (χ3v) is 3.41. The molecule has 1 unspecified atom stereocenters. The number of amides is 1. The summed E-state index contributed by atoms with van der Waals surface area (Å²) in [5.74, 6) is 0.451. The summed E-state index contributed by atoms with van der Waals surface area (Å²) < 4.78 is 7.07. The number of nitrogens with two attached hydrogens (primary N) is 1. The number of carbonyl (C=O) groups excluding carboxylic acids is 1. The first kappa shape index (κ1) is 16.0. The lowest BCUT2D eigenvalue weighted by molar-refractivity contribution is -0.119. The van der Waals surface area contributed by atoms with Crippen molar-refractivity contribution in [3.8, 4) is 5.75 Å². The molecule has 0 aliphatic heterocycles. The molecule has 2 rings (SSSR count). The number of hydrogen-bond donors (Lipinski definition) is 2. The van der Waals surface area contributed by atoms with E-state index >= 15 is 0 Å². The molecule has 22 heavy (non-hydrogen) atoms. The zero-order valence-electron chi connectivity index (χ0n) is 13.0. The Hall–Kier alpha value is -2.41. The van der Waals surface area contributed by atoms with Crippen LogP contribution in [0.25, 0.3) is 0 Å². The number of anilines is 1. The van der Waals surface area contributed by atoms with Crippen molar-refractivity contribution in [1.82, 2.24) is 15.0 Å². The van der Waals surface area contributed by atoms with Crippen molar-refractivity contribution < 1.29 is 9.53 Å². The first-order valence-electron chi connectivity index (χ1n) is 7.21. The van der Waals surface area contributed by atoms with E-state index in [4.69, 9.17) is 10.5 Å². The Morgan fingerprint density at radius 1 is 1.45 bits per heavy atom. The van der Waals surface area contributed by atoms with Crippen LogP contribution in [-0.2, 0) is 11.3 Å². The molecule has 0 bridgehead atoms. The van der Waals surface area contributed by atoms with Crippen molar-refractivity contribution in [1.29, 1.82) is 0 Å². The highest BCUT2D eigenvalue weighted by Crippen LogP contribution is 2.24. The molecule has 2 aromatic rings. The van der Waals surface area contributed by atoms with Crippen LogP contribution in [0.2, 0.25) is 0 Å². The molecule has 3 N–H and O–H groups in total. The van der Waals surface area contributed by atoms with Crippen LogP contribution in [-0.4, -0.2) is 27.5 Å². The van der Waals surface area contributed by atoms with E-state index in [2.05, 4.69) is 15.6 Å². The summed E-state index contributed by atoms with van der Waals surface area (Å²) >= 11 is 0. The first-order chi connectivity index (χ1) is 10.6. The lowest BCUT2D eigenvalue weighted by Gasteiger charge is -2.16. The molecular formula is C15H21N5O2. The molecule has 1 atom stereocenters. The third kappa shape index (κ3) is 3.25. The quantitative estimate of drug-likeness (QED) is 0.846. The van der Waals surface area contributed by atoms with E-state index in [0.717, 1.165) is 5.69 Å². The minimum Gasteiger partial charge on any atom is -0.492 e. The molecule has 1 aromatic carbocycles. The van der Waals surface area contributed by atoms with Gasteiger partial charge in [0.25, 0.3) is 0 Å². The maximum atomic E-state index is 12.4. The van der Waals surface area contributed by atoms with E-state index in [1.165, 1.54) is 0 Å². The van der Waals surface area contributed by atoms with Crippen molar-refractivity contribution in [3.05, 3.63) is 35.7 Å². The standard InChI is InChI=1S/C15H21N5O2/c1-4-22-14-8-6-5-7-12(14)17-15(21)11(3)20-10(2)13(9-16)18-19-20/h5-8,11H,4,9,16H2,1-3H3,(H,17,21). The molecule has 0 aliphatic rings. The Morgan fingerprint density at radius 3 is 2.82 bits per heavy atom. The maximum absolute atomic E-state index is 12.4. The summed E-state index contributed by atoms with van der Waals surface area (Å²) in [7, 11) is 0. The van der Waals surface area contributed by atoms with E-state index in [1.54, 1.807) is 17.7 Å². The van der Waals surface area contributed by atoms with Crippen molar-refractivity contribution in [2.45, 2.75) is 33.4 Å². The summed E-state index contributed by atoms with van der Waals surface area (Å²) in [6.07, 6.45) is 0. The van der Waals surface area contributed by atoms with Gasteiger partial charge in [-0.3, -0.25) is 4.79 Å². The molecule has 0 aliphatic carbocycles. The zero-order valence-corrected chi connectivity index (χ0v) is 13.0. The molecule has 118 valence electrons. The number of benzene rings is 1. The Bertz CT molecular complexity index is 653. The SMILES string of the molecule is CCOc1ccccc1NC(=O)C(C)n1nnc(CN)c1C. The molecule has 0 radical (unpaired) electrons. The van der Waals surface area contributed by atoms with E-state index in [0.29, 0.717) is 30.3 Å². The average molecular weight is 303 g/mol. The average Bonchev–Trinajstić information content (AvgIpc) is 2.89. The highest BCUT2D eigenvalue weighted by atomic mass is 16.5. The van der Waals surface area contributed by atoms with E-state index in [9.17, 15) is 4.79 Å². The number of rotatable bonds is 6. The van der Waals surface area contributed by atoms with Gasteiger partial charge in [0, 0.05) is 6.54 Å². The minimum absolute atomic E-state index is 0.191. The second kappa shape index (κ2) is 7.04. The largest absolute Gasteiger partial charge is 0.492 e. The van der Waals surface area contributed by atoms with E-state index < -0.39 is 6.04 Å². The predicted molar refractivity (Wildman–Crippen MR) is 83.6 cm³/mol. The number of ether oxygens (including phenoxy) is 1. The van der Waals surface area contributed by atoms with Gasteiger partial charge in [-0.1, -0.05) is 17.3 Å². The highest BCUT2D eigenvalue weighted by Gasteiger charge is 2.20. The van der Waals surface area contributed by atoms with Gasteiger partial charge in [-0.2, -0.15) is 0 Å². The molecule has 1 amide bonds. The number of carbonyl (C=O) groups is 1. The molecule has 0 saturated carbocycles. The van der Waals surface area contributed by atoms with Crippen LogP contribution in [0.5, 0.6) is 5.75 Å². The number of para-hydroxylation sites is 2. The lowest BCUT2D eigenvalue weighted by Crippen LogP contribution is -2.25. The summed E-state index contributed by atoms with van der Waals surface area (Å²) in [6, 6.07) is 6.82. The van der Waals surface area contributed by atoms with Crippen LogP contribution in [0.3, 0.4) is 0 Å². The second-order valence-electron chi connectivity index (χ2n) is 4.86. The molecule has 7 nitrogen and oxygen atoms in total. The number of nitrogens with zero attached hydrogens (tertiary/aromatic N) is 3. The molecule has 0 fully saturated rings. The van der Waals surface area contributed by atoms with Crippen LogP contribution in [0.4, 0.5) is 5.69 Å². The van der Waals surface area contributed by atoms with Gasteiger partial charge in [0.05, 0.1) is 23.7 Å². The fraction of sp³-hybridized carbons (Fsp3) is 0.400. The van der Waals surface area contributed by atoms with Crippen LogP contribution in [0, 0.1) is 6.92 Å². The van der Waals surface area contributed by atoms with Gasteiger partial charge in [0.1, 0.15) is 11.8 Å². The normalized spacial score (nSPS) is 12.0. The molecular weight excluding hydrogens is 282 g/mol. The van der Waals surface area contributed by atoms with Crippen LogP contribution >= 0.6 is 0 Å². The number of aromatic nitrogens is 3. The minimum atomic E-state index is -0.498. The molecule has 7 heteroatoms. The highest BCUT2D eigenvalue weighted by molar-refractivity contribution is 5.94. The fourth-order valence-corrected chi connectivity index (χ4v) is 2.13. The predicted octanol–water partition coefficient (Wildman–Crippen LogP) is 1.64. The van der Waals surface area contributed by atoms with Gasteiger partial charge in [-0.05, 0) is 32.9 Å². The van der Waals surface area contributed by atoms with Crippen molar-refractivity contribution in [2.75, 3.05) is 11.9 Å². The summed E-state index contributed by atoms with van der Waals surface area (Å²) in [6.45, 7) is 6.34. The van der Waals surface area contributed by atoms with E-state index in [1.807, 2.05) is 32.0 Å². The smallest absolute Gasteiger partial charge is 0.249 e. The Balaban J connectivity index is 2.16. The van der Waals surface area contributed by atoms with Crippen molar-refractivity contribution in [2.24, 2.45) is 5.73 Å². The first-order valence-corrected chi connectivity index (χ1v) is 7.21. The Kier molecular flexibility index (Phi) is 5.11. The zero-order chi connectivity index (χ0) is 16.1. The van der Waals surface area contributed by atoms with Gasteiger partial charge in [0.15, 0.2) is 0 Å². The second-order valence-corrected chi connectivity index (χ2v) is 4.86. The summed E-state index contributed by atoms with van der Waals surface area (Å²) in [5, 5.41) is 10.8. The monoisotopic (exact) mass is 303 g/mol. The molecule has 1 aromatic heterocycles. The van der Waals surface area contributed by atoms with Gasteiger partial charge in [-0.25, -0.2) is 4.68 Å². The summed E-state index contributed by atoms with van der Waals surface area (Å²) in [5.41, 5.74) is 7.71. The van der Waals surface area contributed by atoms with Gasteiger partial charge < -0.3 is 15.8 Å². The van der Waals surface area contributed by atoms with Crippen LogP contribution < -0.4 is 15.8 Å². The molecule has 0 saturated heterocycles. The summed E-state index contributed by atoms with van der Waals surface area (Å²) in [4.78, 5) is 12.4. The van der Waals surface area contributed by atoms with Crippen LogP contribution in [0.15, 0.2) is 24.3 Å². The third-order valence-electron chi connectivity index (χ3n) is 3.41. The maximum Gasteiger partial charge on any atom is 0.249 e.